The summed E-state index contributed by atoms with van der Waals surface area (Å²) in [7, 11) is 0. The van der Waals surface area contributed by atoms with Crippen LogP contribution in [0.25, 0.3) is 10.8 Å². The molecule has 2 nitrogen and oxygen atoms in total. The molecule has 122 valence electrons. The number of hydrogen-bond donors (Lipinski definition) is 1. The molecule has 1 aliphatic heterocycles. The van der Waals surface area contributed by atoms with Crippen LogP contribution in [0.2, 0.25) is 0 Å². The van der Waals surface area contributed by atoms with Crippen LogP contribution in [0.3, 0.4) is 0 Å². The second-order valence-corrected chi connectivity index (χ2v) is 6.68. The first-order valence-electron chi connectivity index (χ1n) is 8.81. The van der Waals surface area contributed by atoms with E-state index in [-0.39, 0.29) is 0 Å². The molecule has 1 fully saturated rings. The van der Waals surface area contributed by atoms with E-state index >= 15 is 0 Å². The lowest BCUT2D eigenvalue weighted by atomic mass is 9.94. The van der Waals surface area contributed by atoms with Crippen molar-refractivity contribution in [1.82, 2.24) is 4.90 Å². The smallest absolute Gasteiger partial charge is 0.120 e. The molecule has 3 aromatic rings. The normalized spacial score (nSPS) is 18.8. The van der Waals surface area contributed by atoms with Crippen LogP contribution in [0.4, 0.5) is 0 Å². The Kier molecular flexibility index (Phi) is 4.22. The molecule has 0 amide bonds. The Morgan fingerprint density at radius 1 is 0.875 bits per heavy atom. The van der Waals surface area contributed by atoms with E-state index in [0.717, 1.165) is 24.0 Å². The Balaban J connectivity index is 1.70. The van der Waals surface area contributed by atoms with Crippen LogP contribution in [0, 0.1) is 0 Å². The number of hydrogen-bond acceptors (Lipinski definition) is 2. The van der Waals surface area contributed by atoms with E-state index in [1.807, 2.05) is 12.1 Å². The van der Waals surface area contributed by atoms with Crippen molar-refractivity contribution in [2.75, 3.05) is 6.54 Å². The summed E-state index contributed by atoms with van der Waals surface area (Å²) in [5.74, 6) is 0.408. The number of aromatic hydroxyl groups is 1. The van der Waals surface area contributed by atoms with E-state index in [1.54, 1.807) is 0 Å². The number of phenolic OH excluding ortho intramolecular Hbond substituents is 1. The molecule has 0 aromatic heterocycles. The molecule has 1 aliphatic rings. The SMILES string of the molecule is Oc1ccc2ccccc2c1CN1CCCCC1c1ccccc1. The lowest BCUT2D eigenvalue weighted by molar-refractivity contribution is 0.140. The summed E-state index contributed by atoms with van der Waals surface area (Å²) < 4.78 is 0. The van der Waals surface area contributed by atoms with Gasteiger partial charge < -0.3 is 5.11 Å². The average Bonchev–Trinajstić information content (AvgIpc) is 2.65. The minimum atomic E-state index is 0.408. The largest absolute Gasteiger partial charge is 0.508 e. The number of piperidine rings is 1. The van der Waals surface area contributed by atoms with Gasteiger partial charge in [-0.3, -0.25) is 4.90 Å². The zero-order valence-electron chi connectivity index (χ0n) is 13.9. The Morgan fingerprint density at radius 2 is 1.67 bits per heavy atom. The first kappa shape index (κ1) is 15.2. The quantitative estimate of drug-likeness (QED) is 0.711. The van der Waals surface area contributed by atoms with Crippen molar-refractivity contribution in [3.05, 3.63) is 77.9 Å². The fourth-order valence-corrected chi connectivity index (χ4v) is 3.93. The Morgan fingerprint density at radius 3 is 2.54 bits per heavy atom. The van der Waals surface area contributed by atoms with Gasteiger partial charge in [0.15, 0.2) is 0 Å². The maximum absolute atomic E-state index is 10.5. The fraction of sp³-hybridized carbons (Fsp3) is 0.273. The van der Waals surface area contributed by atoms with Crippen LogP contribution in [-0.4, -0.2) is 16.6 Å². The van der Waals surface area contributed by atoms with Crippen molar-refractivity contribution in [1.29, 1.82) is 0 Å². The third-order valence-electron chi connectivity index (χ3n) is 5.18. The van der Waals surface area contributed by atoms with Crippen molar-refractivity contribution >= 4 is 10.8 Å². The average molecular weight is 317 g/mol. The van der Waals surface area contributed by atoms with Crippen molar-refractivity contribution in [3.8, 4) is 5.75 Å². The van der Waals surface area contributed by atoms with Gasteiger partial charge in [0.25, 0.3) is 0 Å². The molecule has 0 spiro atoms. The summed E-state index contributed by atoms with van der Waals surface area (Å²) in [5, 5.41) is 12.8. The van der Waals surface area contributed by atoms with Gasteiger partial charge in [-0.1, -0.05) is 67.1 Å². The standard InChI is InChI=1S/C22H23NO/c24-22-14-13-17-8-4-5-11-19(17)20(22)16-23-15-7-6-12-21(23)18-9-2-1-3-10-18/h1-5,8-11,13-14,21,24H,6-7,12,15-16H2. The summed E-state index contributed by atoms with van der Waals surface area (Å²) >= 11 is 0. The topological polar surface area (TPSA) is 23.5 Å². The van der Waals surface area contributed by atoms with Gasteiger partial charge in [0.1, 0.15) is 5.75 Å². The van der Waals surface area contributed by atoms with Crippen molar-refractivity contribution in [2.45, 2.75) is 31.8 Å². The number of phenols is 1. The molecule has 1 unspecified atom stereocenters. The third-order valence-corrected chi connectivity index (χ3v) is 5.18. The molecule has 2 heteroatoms. The van der Waals surface area contributed by atoms with Crippen LogP contribution in [0.15, 0.2) is 66.7 Å². The number of benzene rings is 3. The first-order chi connectivity index (χ1) is 11.8. The minimum Gasteiger partial charge on any atom is -0.508 e. The summed E-state index contributed by atoms with van der Waals surface area (Å²) in [4.78, 5) is 2.53. The summed E-state index contributed by atoms with van der Waals surface area (Å²) in [6, 6.07) is 23.4. The molecule has 4 rings (SSSR count). The van der Waals surface area contributed by atoms with Gasteiger partial charge in [0.2, 0.25) is 0 Å². The second-order valence-electron chi connectivity index (χ2n) is 6.68. The lowest BCUT2D eigenvalue weighted by Gasteiger charge is -2.36. The van der Waals surface area contributed by atoms with Crippen molar-refractivity contribution in [2.24, 2.45) is 0 Å². The highest BCUT2D eigenvalue weighted by Gasteiger charge is 2.25. The molecule has 0 aliphatic carbocycles. The predicted octanol–water partition coefficient (Wildman–Crippen LogP) is 5.27. The van der Waals surface area contributed by atoms with E-state index in [0.29, 0.717) is 11.8 Å². The number of nitrogens with zero attached hydrogens (tertiary/aromatic N) is 1. The molecule has 24 heavy (non-hydrogen) atoms. The zero-order chi connectivity index (χ0) is 16.4. The van der Waals surface area contributed by atoms with E-state index < -0.39 is 0 Å². The Bertz CT molecular complexity index is 828. The summed E-state index contributed by atoms with van der Waals surface area (Å²) in [5.41, 5.74) is 2.44. The van der Waals surface area contributed by atoms with Crippen molar-refractivity contribution < 1.29 is 5.11 Å². The van der Waals surface area contributed by atoms with E-state index in [9.17, 15) is 5.11 Å². The van der Waals surface area contributed by atoms with Crippen LogP contribution >= 0.6 is 0 Å². The van der Waals surface area contributed by atoms with Crippen LogP contribution in [0.5, 0.6) is 5.75 Å². The molecule has 0 bridgehead atoms. The molecule has 0 radical (unpaired) electrons. The Labute approximate surface area is 143 Å². The Hall–Kier alpha value is -2.32. The van der Waals surface area contributed by atoms with Gasteiger partial charge in [-0.15, -0.1) is 0 Å². The van der Waals surface area contributed by atoms with Crippen LogP contribution in [0.1, 0.15) is 36.4 Å². The molecule has 1 heterocycles. The second kappa shape index (κ2) is 6.66. The number of rotatable bonds is 3. The van der Waals surface area contributed by atoms with E-state index in [2.05, 4.69) is 59.5 Å². The summed E-state index contributed by atoms with van der Waals surface area (Å²) in [6.45, 7) is 1.88. The minimum absolute atomic E-state index is 0.408. The number of likely N-dealkylation sites (tertiary alicyclic amines) is 1. The first-order valence-corrected chi connectivity index (χ1v) is 8.81. The fourth-order valence-electron chi connectivity index (χ4n) is 3.93. The highest BCUT2D eigenvalue weighted by atomic mass is 16.3. The van der Waals surface area contributed by atoms with Crippen LogP contribution < -0.4 is 0 Å². The molecular formula is C22H23NO. The monoisotopic (exact) mass is 317 g/mol. The molecular weight excluding hydrogens is 294 g/mol. The van der Waals surface area contributed by atoms with Crippen LogP contribution in [-0.2, 0) is 6.54 Å². The third kappa shape index (κ3) is 2.90. The van der Waals surface area contributed by atoms with Gasteiger partial charge in [-0.25, -0.2) is 0 Å². The van der Waals surface area contributed by atoms with Gasteiger partial charge in [-0.05, 0) is 41.8 Å². The molecule has 1 N–H and O–H groups in total. The van der Waals surface area contributed by atoms with Gasteiger partial charge in [0.05, 0.1) is 0 Å². The maximum atomic E-state index is 10.5. The van der Waals surface area contributed by atoms with Gasteiger partial charge >= 0.3 is 0 Å². The molecule has 0 saturated carbocycles. The highest BCUT2D eigenvalue weighted by molar-refractivity contribution is 5.87. The van der Waals surface area contributed by atoms with E-state index in [4.69, 9.17) is 0 Å². The zero-order valence-corrected chi connectivity index (χ0v) is 13.9. The maximum Gasteiger partial charge on any atom is 0.120 e. The predicted molar refractivity (Wildman–Crippen MR) is 99.1 cm³/mol. The van der Waals surface area contributed by atoms with Crippen molar-refractivity contribution in [3.63, 3.8) is 0 Å². The van der Waals surface area contributed by atoms with E-state index in [1.165, 1.54) is 30.2 Å². The highest BCUT2D eigenvalue weighted by Crippen LogP contribution is 2.35. The molecule has 1 saturated heterocycles. The lowest BCUT2D eigenvalue weighted by Crippen LogP contribution is -2.33. The van der Waals surface area contributed by atoms with Gasteiger partial charge in [0, 0.05) is 18.2 Å². The molecule has 1 atom stereocenters. The summed E-state index contributed by atoms with van der Waals surface area (Å²) in [6.07, 6.45) is 3.70. The number of fused-ring (bicyclic) bond motifs is 1. The van der Waals surface area contributed by atoms with Gasteiger partial charge in [-0.2, -0.15) is 0 Å². The molecule has 3 aromatic carbocycles.